The summed E-state index contributed by atoms with van der Waals surface area (Å²) in [4.78, 5) is 3.87. The van der Waals surface area contributed by atoms with E-state index in [1.807, 2.05) is 0 Å². The van der Waals surface area contributed by atoms with Gasteiger partial charge in [-0.3, -0.25) is 4.98 Å². The molecular formula is C33H27BrN3O3PPd. The van der Waals surface area contributed by atoms with Gasteiger partial charge in [-0.05, 0) is 54.0 Å². The van der Waals surface area contributed by atoms with E-state index in [1.165, 1.54) is 28.3 Å². The summed E-state index contributed by atoms with van der Waals surface area (Å²) in [7, 11) is -0.446. The number of aryl methyl sites for hydroxylation is 1. The number of hydrogen-bond acceptors (Lipinski definition) is 6. The van der Waals surface area contributed by atoms with Crippen LogP contribution in [0.2, 0.25) is 0 Å². The van der Waals surface area contributed by atoms with Crippen LogP contribution < -0.4 is 26.1 Å². The number of pyridine rings is 1. The van der Waals surface area contributed by atoms with Crippen LogP contribution in [0, 0.1) is 6.92 Å². The molecule has 1 heterocycles. The van der Waals surface area contributed by atoms with Gasteiger partial charge >= 0.3 is 20.4 Å². The van der Waals surface area contributed by atoms with E-state index in [2.05, 4.69) is 122 Å². The van der Waals surface area contributed by atoms with Gasteiger partial charge in [-0.1, -0.05) is 125 Å². The Balaban J connectivity index is 0.000000227. The summed E-state index contributed by atoms with van der Waals surface area (Å²) in [6.07, 6.45) is 2.56. The van der Waals surface area contributed by atoms with Crippen molar-refractivity contribution in [1.82, 2.24) is 4.98 Å². The number of hydrogen-bond donors (Lipinski definition) is 1. The Hall–Kier alpha value is -3.50. The van der Waals surface area contributed by atoms with Crippen molar-refractivity contribution in [3.05, 3.63) is 148 Å². The first-order chi connectivity index (χ1) is 20.0. The second-order valence-electron chi connectivity index (χ2n) is 8.77. The van der Waals surface area contributed by atoms with Crippen LogP contribution in [0.15, 0.2) is 136 Å². The molecule has 0 atom stereocenters. The number of nitrogens with zero attached hydrogens (tertiary/aromatic N) is 3. The number of halogens is 1. The molecule has 0 amide bonds. The zero-order valence-corrected chi connectivity index (χ0v) is 26.6. The van der Waals surface area contributed by atoms with Gasteiger partial charge in [-0.15, -0.1) is 0 Å². The van der Waals surface area contributed by atoms with Gasteiger partial charge in [0.1, 0.15) is 0 Å². The van der Waals surface area contributed by atoms with E-state index in [1.54, 1.807) is 31.2 Å². The van der Waals surface area contributed by atoms with Crippen LogP contribution in [0.25, 0.3) is 0 Å². The molecule has 42 heavy (non-hydrogen) atoms. The monoisotopic (exact) mass is 729 g/mol. The fraction of sp³-hybridized carbons (Fsp3) is 0.0606. The molecular weight excluding hydrogens is 704 g/mol. The summed E-state index contributed by atoms with van der Waals surface area (Å²) in [5, 5.41) is 44.3. The Morgan fingerprint density at radius 2 is 1.31 bits per heavy atom. The molecule has 0 spiro atoms. The van der Waals surface area contributed by atoms with Gasteiger partial charge in [0.05, 0.1) is 12.8 Å². The quantitative estimate of drug-likeness (QED) is 0.0888. The number of benzene rings is 4. The fourth-order valence-electron chi connectivity index (χ4n) is 3.88. The van der Waals surface area contributed by atoms with Crippen LogP contribution in [0.3, 0.4) is 0 Å². The number of aliphatic hydroxyl groups excluding tert-OH is 1. The molecule has 1 N–H and O–H groups in total. The van der Waals surface area contributed by atoms with Crippen molar-refractivity contribution < 1.29 is 35.7 Å². The smallest absolute Gasteiger partial charge is 0.871 e. The van der Waals surface area contributed by atoms with E-state index in [-0.39, 0.29) is 44.0 Å². The summed E-state index contributed by atoms with van der Waals surface area (Å²) in [5.74, 6) is -0.867. The summed E-state index contributed by atoms with van der Waals surface area (Å²) >= 11 is 3.27. The van der Waals surface area contributed by atoms with Gasteiger partial charge < -0.3 is 15.3 Å². The third-order valence-electron chi connectivity index (χ3n) is 5.97. The molecule has 5 rings (SSSR count). The van der Waals surface area contributed by atoms with Crippen LogP contribution in [0.4, 0.5) is 0 Å². The molecule has 0 aliphatic carbocycles. The van der Waals surface area contributed by atoms with E-state index in [0.29, 0.717) is 11.1 Å². The molecule has 1 aromatic heterocycles. The van der Waals surface area contributed by atoms with Crippen molar-refractivity contribution >= 4 is 51.9 Å². The maximum atomic E-state index is 11.9. The molecule has 9 heteroatoms. The van der Waals surface area contributed by atoms with E-state index in [9.17, 15) is 15.3 Å². The van der Waals surface area contributed by atoms with Crippen LogP contribution in [0.5, 0.6) is 5.75 Å². The molecule has 0 fully saturated rings. The minimum absolute atomic E-state index is 0. The van der Waals surface area contributed by atoms with Gasteiger partial charge in [0.25, 0.3) is 0 Å². The third kappa shape index (κ3) is 9.00. The van der Waals surface area contributed by atoms with Gasteiger partial charge in [-0.25, -0.2) is 0 Å². The zero-order valence-electron chi connectivity index (χ0n) is 22.6. The Labute approximate surface area is 269 Å². The summed E-state index contributed by atoms with van der Waals surface area (Å²) < 4.78 is 0.850. The van der Waals surface area contributed by atoms with Crippen molar-refractivity contribution in [2.45, 2.75) is 13.5 Å². The van der Waals surface area contributed by atoms with Crippen LogP contribution in [-0.2, 0) is 27.0 Å². The molecule has 0 saturated carbocycles. The predicted molar refractivity (Wildman–Crippen MR) is 168 cm³/mol. The van der Waals surface area contributed by atoms with Crippen molar-refractivity contribution in [3.63, 3.8) is 0 Å². The van der Waals surface area contributed by atoms with Gasteiger partial charge in [0, 0.05) is 27.8 Å². The first kappa shape index (κ1) is 33.0. The maximum absolute atomic E-state index is 11.9. The molecule has 0 aliphatic rings. The minimum atomic E-state index is -0.521. The zero-order chi connectivity index (χ0) is 29.0. The molecule has 0 aliphatic heterocycles. The second kappa shape index (κ2) is 16.8. The fourth-order valence-corrected chi connectivity index (χ4v) is 6.45. The second-order valence-corrected chi connectivity index (χ2v) is 11.9. The van der Waals surface area contributed by atoms with Crippen molar-refractivity contribution in [1.29, 1.82) is 0 Å². The average molecular weight is 731 g/mol. The van der Waals surface area contributed by atoms with Crippen molar-refractivity contribution in [3.8, 4) is 5.75 Å². The molecule has 0 bridgehead atoms. The van der Waals surface area contributed by atoms with Crippen molar-refractivity contribution in [2.75, 3.05) is 0 Å². The number of aliphatic hydroxyl groups is 1. The first-order valence-electron chi connectivity index (χ1n) is 12.7. The Morgan fingerprint density at radius 1 is 0.833 bits per heavy atom. The molecule has 6 nitrogen and oxygen atoms in total. The standard InChI is InChI=1S/C18H15P.C15H14BrN3O3.Pd/c1-4-10-16(11-5-1)19(17-12-6-2-7-13-17)18-14-8-3-9-15-18;1-9-14(21)13(11(8-20)6-17-9)7-18-19-15(22)10-2-4-12(16)5-3-10;/h1-15H;2-7,20-21H,8H2,1H3,(H,19,22);/q;;+2/p-2/b;18-7+;. The third-order valence-corrected chi connectivity index (χ3v) is 8.95. The van der Waals surface area contributed by atoms with E-state index >= 15 is 0 Å². The van der Waals surface area contributed by atoms with Crippen LogP contribution in [-0.4, -0.2) is 22.2 Å². The van der Waals surface area contributed by atoms with E-state index in [4.69, 9.17) is 0 Å². The average Bonchev–Trinajstić information content (AvgIpc) is 3.02. The summed E-state index contributed by atoms with van der Waals surface area (Å²) in [5.41, 5.74) is 1.20. The minimum Gasteiger partial charge on any atom is -0.871 e. The molecule has 0 saturated heterocycles. The predicted octanol–water partition coefficient (Wildman–Crippen LogP) is 4.30. The summed E-state index contributed by atoms with van der Waals surface area (Å²) in [6.45, 7) is 1.22. The normalized spacial score (nSPS) is 11.1. The maximum Gasteiger partial charge on any atom is 2.00 e. The molecule has 0 radical (unpaired) electrons. The topological polar surface area (TPSA) is 104 Å². The van der Waals surface area contributed by atoms with E-state index < -0.39 is 13.8 Å². The van der Waals surface area contributed by atoms with Gasteiger partial charge in [0.15, 0.2) is 0 Å². The Bertz CT molecular complexity index is 1510. The molecule has 4 aromatic carbocycles. The van der Waals surface area contributed by atoms with Gasteiger partial charge in [-0.2, -0.15) is 10.2 Å². The number of rotatable bonds is 7. The Kier molecular flexibility index (Phi) is 13.2. The van der Waals surface area contributed by atoms with Crippen LogP contribution >= 0.6 is 23.9 Å². The molecule has 214 valence electrons. The van der Waals surface area contributed by atoms with Gasteiger partial charge in [0.2, 0.25) is 0 Å². The number of aromatic nitrogens is 1. The largest absolute Gasteiger partial charge is 2.00 e. The molecule has 5 aromatic rings. The molecule has 0 unspecified atom stereocenters. The summed E-state index contributed by atoms with van der Waals surface area (Å²) in [6, 6.07) is 39.0. The van der Waals surface area contributed by atoms with Crippen LogP contribution in [0.1, 0.15) is 22.4 Å². The van der Waals surface area contributed by atoms with E-state index in [0.717, 1.165) is 4.47 Å². The Morgan fingerprint density at radius 3 is 1.76 bits per heavy atom. The van der Waals surface area contributed by atoms with Crippen molar-refractivity contribution in [2.24, 2.45) is 10.2 Å². The first-order valence-corrected chi connectivity index (χ1v) is 14.9. The SMILES string of the molecule is Cc1ncc(CO)c(/C=N/N=C(\[O-])c2ccc(Br)cc2)c1[O-].[Pd+2].c1ccc(P(c2ccccc2)c2ccccc2)cc1.